The van der Waals surface area contributed by atoms with Crippen LogP contribution in [0, 0.1) is 5.92 Å². The maximum absolute atomic E-state index is 13.2. The number of hydrogen-bond acceptors (Lipinski definition) is 3. The summed E-state index contributed by atoms with van der Waals surface area (Å²) in [6.07, 6.45) is 1.17. The summed E-state index contributed by atoms with van der Waals surface area (Å²) in [5.41, 5.74) is 4.06. The van der Waals surface area contributed by atoms with Crippen LogP contribution in [0.25, 0.3) is 0 Å². The van der Waals surface area contributed by atoms with Crippen molar-refractivity contribution in [2.45, 2.75) is 26.7 Å². The SMILES string of the molecule is CC(=O)c1ccc(CC(Cc2ccc(C(C)=O)cc2)C(=O)c2ccccc2)cc1. The van der Waals surface area contributed by atoms with E-state index in [1.54, 1.807) is 13.8 Å². The first-order chi connectivity index (χ1) is 13.9. The van der Waals surface area contributed by atoms with Crippen LogP contribution < -0.4 is 0 Å². The fourth-order valence-corrected chi connectivity index (χ4v) is 3.42. The summed E-state index contributed by atoms with van der Waals surface area (Å²) in [5, 5.41) is 0. The van der Waals surface area contributed by atoms with Crippen molar-refractivity contribution in [3.05, 3.63) is 107 Å². The zero-order chi connectivity index (χ0) is 20.8. The van der Waals surface area contributed by atoms with Gasteiger partial charge in [-0.3, -0.25) is 14.4 Å². The largest absolute Gasteiger partial charge is 0.295 e. The molecule has 29 heavy (non-hydrogen) atoms. The minimum atomic E-state index is -0.233. The van der Waals surface area contributed by atoms with Gasteiger partial charge in [-0.2, -0.15) is 0 Å². The predicted octanol–water partition coefficient (Wildman–Crippen LogP) is 5.38. The normalized spacial score (nSPS) is 10.7. The molecule has 0 saturated heterocycles. The maximum atomic E-state index is 13.2. The number of hydrogen-bond donors (Lipinski definition) is 0. The summed E-state index contributed by atoms with van der Waals surface area (Å²) in [4.78, 5) is 36.2. The highest BCUT2D eigenvalue weighted by Gasteiger charge is 2.21. The molecule has 0 aliphatic carbocycles. The molecule has 0 N–H and O–H groups in total. The lowest BCUT2D eigenvalue weighted by Gasteiger charge is -2.17. The van der Waals surface area contributed by atoms with Gasteiger partial charge >= 0.3 is 0 Å². The van der Waals surface area contributed by atoms with Gasteiger partial charge in [0.05, 0.1) is 0 Å². The molecule has 0 bridgehead atoms. The summed E-state index contributed by atoms with van der Waals surface area (Å²) in [6.45, 7) is 3.09. The Kier molecular flexibility index (Phi) is 6.50. The lowest BCUT2D eigenvalue weighted by atomic mass is 9.86. The van der Waals surface area contributed by atoms with Crippen molar-refractivity contribution >= 4 is 17.3 Å². The number of carbonyl (C=O) groups is 3. The van der Waals surface area contributed by atoms with E-state index in [2.05, 4.69) is 0 Å². The Morgan fingerprint density at radius 2 is 1.00 bits per heavy atom. The Morgan fingerprint density at radius 3 is 1.38 bits per heavy atom. The van der Waals surface area contributed by atoms with Crippen LogP contribution in [-0.4, -0.2) is 17.3 Å². The number of carbonyl (C=O) groups excluding carboxylic acids is 3. The molecule has 3 rings (SSSR count). The van der Waals surface area contributed by atoms with E-state index in [1.165, 1.54) is 0 Å². The minimum Gasteiger partial charge on any atom is -0.295 e. The number of benzene rings is 3. The number of ketones is 3. The quantitative estimate of drug-likeness (QED) is 0.490. The van der Waals surface area contributed by atoms with Crippen molar-refractivity contribution in [2.75, 3.05) is 0 Å². The van der Waals surface area contributed by atoms with Crippen LogP contribution in [0.1, 0.15) is 56.0 Å². The average molecular weight is 384 g/mol. The monoisotopic (exact) mass is 384 g/mol. The topological polar surface area (TPSA) is 51.2 Å². The molecule has 0 spiro atoms. The van der Waals surface area contributed by atoms with Crippen LogP contribution in [0.4, 0.5) is 0 Å². The third-order valence-corrected chi connectivity index (χ3v) is 5.11. The Balaban J connectivity index is 1.85. The highest BCUT2D eigenvalue weighted by Crippen LogP contribution is 2.21. The Labute approximate surface area is 171 Å². The molecule has 0 fully saturated rings. The second-order valence-electron chi connectivity index (χ2n) is 7.34. The molecule has 0 heterocycles. The van der Waals surface area contributed by atoms with Crippen LogP contribution in [-0.2, 0) is 12.8 Å². The summed E-state index contributed by atoms with van der Waals surface area (Å²) in [7, 11) is 0. The smallest absolute Gasteiger partial charge is 0.166 e. The van der Waals surface area contributed by atoms with Crippen LogP contribution >= 0.6 is 0 Å². The van der Waals surface area contributed by atoms with Crippen molar-refractivity contribution in [3.8, 4) is 0 Å². The molecule has 146 valence electrons. The van der Waals surface area contributed by atoms with Crippen LogP contribution in [0.3, 0.4) is 0 Å². The van der Waals surface area contributed by atoms with E-state index in [9.17, 15) is 14.4 Å². The number of Topliss-reactive ketones (excluding diaryl/α,β-unsaturated/α-hetero) is 3. The van der Waals surface area contributed by atoms with Crippen molar-refractivity contribution in [2.24, 2.45) is 5.92 Å². The van der Waals surface area contributed by atoms with E-state index >= 15 is 0 Å². The highest BCUT2D eigenvalue weighted by atomic mass is 16.1. The van der Waals surface area contributed by atoms with Gasteiger partial charge in [-0.15, -0.1) is 0 Å². The van der Waals surface area contributed by atoms with E-state index in [4.69, 9.17) is 0 Å². The fourth-order valence-electron chi connectivity index (χ4n) is 3.42. The summed E-state index contributed by atoms with van der Waals surface area (Å²) >= 11 is 0. The van der Waals surface area contributed by atoms with Gasteiger partial charge in [0.25, 0.3) is 0 Å². The first kappa shape index (κ1) is 20.4. The van der Waals surface area contributed by atoms with Gasteiger partial charge in [-0.25, -0.2) is 0 Å². The van der Waals surface area contributed by atoms with Crippen molar-refractivity contribution in [1.29, 1.82) is 0 Å². The van der Waals surface area contributed by atoms with Gasteiger partial charge in [0.15, 0.2) is 17.3 Å². The Morgan fingerprint density at radius 1 is 0.586 bits per heavy atom. The van der Waals surface area contributed by atoms with Crippen molar-refractivity contribution < 1.29 is 14.4 Å². The van der Waals surface area contributed by atoms with E-state index in [0.717, 1.165) is 11.1 Å². The molecule has 0 unspecified atom stereocenters. The molecule has 3 nitrogen and oxygen atoms in total. The lowest BCUT2D eigenvalue weighted by molar-refractivity contribution is 0.0916. The first-order valence-corrected chi connectivity index (χ1v) is 9.73. The first-order valence-electron chi connectivity index (χ1n) is 9.73. The van der Waals surface area contributed by atoms with Crippen molar-refractivity contribution in [1.82, 2.24) is 0 Å². The van der Waals surface area contributed by atoms with Gasteiger partial charge in [0, 0.05) is 22.6 Å². The molecule has 3 heteroatoms. The molecule has 0 aliphatic heterocycles. The molecule has 0 radical (unpaired) electrons. The second kappa shape index (κ2) is 9.24. The van der Waals surface area contributed by atoms with Crippen LogP contribution in [0.5, 0.6) is 0 Å². The zero-order valence-electron chi connectivity index (χ0n) is 16.7. The fraction of sp³-hybridized carbons (Fsp3) is 0.192. The highest BCUT2D eigenvalue weighted by molar-refractivity contribution is 5.98. The lowest BCUT2D eigenvalue weighted by Crippen LogP contribution is -2.20. The molecule has 3 aromatic carbocycles. The van der Waals surface area contributed by atoms with Gasteiger partial charge in [0.2, 0.25) is 0 Å². The standard InChI is InChI=1S/C26H24O3/c1-18(27)22-12-8-20(9-13-22)16-25(26(29)24-6-4-3-5-7-24)17-21-10-14-23(15-11-21)19(2)28/h3-15,25H,16-17H2,1-2H3. The molecular weight excluding hydrogens is 360 g/mol. The molecule has 0 amide bonds. The van der Waals surface area contributed by atoms with Crippen molar-refractivity contribution in [3.63, 3.8) is 0 Å². The van der Waals surface area contributed by atoms with E-state index < -0.39 is 0 Å². The maximum Gasteiger partial charge on any atom is 0.166 e. The van der Waals surface area contributed by atoms with Crippen LogP contribution in [0.2, 0.25) is 0 Å². The molecule has 0 saturated carbocycles. The average Bonchev–Trinajstić information content (AvgIpc) is 2.74. The predicted molar refractivity (Wildman–Crippen MR) is 115 cm³/mol. The van der Waals surface area contributed by atoms with Gasteiger partial charge in [-0.05, 0) is 37.8 Å². The zero-order valence-corrected chi connectivity index (χ0v) is 16.7. The van der Waals surface area contributed by atoms with Gasteiger partial charge in [0.1, 0.15) is 0 Å². The van der Waals surface area contributed by atoms with E-state index in [0.29, 0.717) is 29.5 Å². The second-order valence-corrected chi connectivity index (χ2v) is 7.34. The molecule has 0 aromatic heterocycles. The summed E-state index contributed by atoms with van der Waals surface area (Å²) < 4.78 is 0. The van der Waals surface area contributed by atoms with Gasteiger partial charge in [-0.1, -0.05) is 78.9 Å². The van der Waals surface area contributed by atoms with Crippen LogP contribution in [0.15, 0.2) is 78.9 Å². The summed E-state index contributed by atoms with van der Waals surface area (Å²) in [6, 6.07) is 24.2. The third-order valence-electron chi connectivity index (χ3n) is 5.11. The number of rotatable bonds is 8. The Hall–Kier alpha value is -3.33. The molecule has 3 aromatic rings. The summed E-state index contributed by atoms with van der Waals surface area (Å²) in [5.74, 6) is -0.0845. The van der Waals surface area contributed by atoms with Gasteiger partial charge < -0.3 is 0 Å². The molecule has 0 aliphatic rings. The third kappa shape index (κ3) is 5.35. The Bertz CT molecular complexity index is 941. The molecule has 0 atom stereocenters. The molecular formula is C26H24O3. The minimum absolute atomic E-state index is 0.0269. The van der Waals surface area contributed by atoms with E-state index in [1.807, 2.05) is 78.9 Å². The van der Waals surface area contributed by atoms with E-state index in [-0.39, 0.29) is 23.3 Å².